The van der Waals surface area contributed by atoms with Crippen LogP contribution in [0.25, 0.3) is 22.3 Å². The van der Waals surface area contributed by atoms with E-state index in [9.17, 15) is 17.6 Å². The molecule has 0 aliphatic heterocycles. The summed E-state index contributed by atoms with van der Waals surface area (Å²) in [6, 6.07) is 14.0. The molecule has 0 bridgehead atoms. The fourth-order valence-corrected chi connectivity index (χ4v) is 3.24. The predicted molar refractivity (Wildman–Crippen MR) is 100 cm³/mol. The standard InChI is InChI=1S/C23H20F4/c1-3-4-14(2)15-5-7-16(8-6-15)17-9-10-19(20(24)11-17)18-12-21(25)23(27)22(26)13-18/h5-14H,3-4H2,1-2H3. The van der Waals surface area contributed by atoms with E-state index < -0.39 is 23.3 Å². The molecule has 0 aliphatic carbocycles. The van der Waals surface area contributed by atoms with E-state index in [2.05, 4.69) is 13.8 Å². The molecule has 0 fully saturated rings. The summed E-state index contributed by atoms with van der Waals surface area (Å²) in [7, 11) is 0. The fraction of sp³-hybridized carbons (Fsp3) is 0.217. The highest BCUT2D eigenvalue weighted by Crippen LogP contribution is 2.31. The molecule has 3 aromatic carbocycles. The number of hydrogen-bond donors (Lipinski definition) is 0. The topological polar surface area (TPSA) is 0 Å². The molecule has 1 unspecified atom stereocenters. The van der Waals surface area contributed by atoms with Gasteiger partial charge in [0, 0.05) is 5.56 Å². The van der Waals surface area contributed by atoms with E-state index in [0.29, 0.717) is 11.5 Å². The number of hydrogen-bond acceptors (Lipinski definition) is 0. The second-order valence-electron chi connectivity index (χ2n) is 6.76. The lowest BCUT2D eigenvalue weighted by atomic mass is 9.94. The van der Waals surface area contributed by atoms with Crippen molar-refractivity contribution in [2.24, 2.45) is 0 Å². The van der Waals surface area contributed by atoms with Crippen LogP contribution in [0.1, 0.15) is 38.2 Å². The summed E-state index contributed by atoms with van der Waals surface area (Å²) in [6.45, 7) is 4.32. The van der Waals surface area contributed by atoms with Gasteiger partial charge in [-0.25, -0.2) is 17.6 Å². The van der Waals surface area contributed by atoms with Gasteiger partial charge < -0.3 is 0 Å². The molecule has 0 nitrogen and oxygen atoms in total. The smallest absolute Gasteiger partial charge is 0.194 e. The van der Waals surface area contributed by atoms with Crippen molar-refractivity contribution < 1.29 is 17.6 Å². The number of halogens is 4. The maximum atomic E-state index is 14.6. The Labute approximate surface area is 156 Å². The summed E-state index contributed by atoms with van der Waals surface area (Å²) in [5.74, 6) is -4.41. The molecule has 0 amide bonds. The lowest BCUT2D eigenvalue weighted by molar-refractivity contribution is 0.447. The van der Waals surface area contributed by atoms with Crippen LogP contribution in [0.3, 0.4) is 0 Å². The van der Waals surface area contributed by atoms with Gasteiger partial charge in [-0.1, -0.05) is 56.7 Å². The van der Waals surface area contributed by atoms with Gasteiger partial charge in [-0.3, -0.25) is 0 Å². The van der Waals surface area contributed by atoms with Crippen LogP contribution in [0.5, 0.6) is 0 Å². The van der Waals surface area contributed by atoms with Crippen LogP contribution in [0.2, 0.25) is 0 Å². The molecule has 0 saturated heterocycles. The van der Waals surface area contributed by atoms with Gasteiger partial charge in [0.1, 0.15) is 5.82 Å². The number of rotatable bonds is 5. The summed E-state index contributed by atoms with van der Waals surface area (Å²) in [4.78, 5) is 0. The first-order chi connectivity index (χ1) is 12.9. The second kappa shape index (κ2) is 7.95. The Morgan fingerprint density at radius 2 is 1.26 bits per heavy atom. The molecule has 0 radical (unpaired) electrons. The lowest BCUT2D eigenvalue weighted by Crippen LogP contribution is -1.94. The molecule has 0 N–H and O–H groups in total. The average Bonchev–Trinajstić information content (AvgIpc) is 2.66. The molecule has 3 rings (SSSR count). The Balaban J connectivity index is 1.91. The summed E-state index contributed by atoms with van der Waals surface area (Å²) < 4.78 is 54.5. The van der Waals surface area contributed by atoms with Gasteiger partial charge in [-0.15, -0.1) is 0 Å². The minimum atomic E-state index is -1.56. The fourth-order valence-electron chi connectivity index (χ4n) is 3.24. The molecule has 0 saturated carbocycles. The van der Waals surface area contributed by atoms with Crippen LogP contribution >= 0.6 is 0 Å². The maximum Gasteiger partial charge on any atom is 0.194 e. The maximum absolute atomic E-state index is 14.6. The van der Waals surface area contributed by atoms with Gasteiger partial charge in [0.25, 0.3) is 0 Å². The summed E-state index contributed by atoms with van der Waals surface area (Å²) in [5, 5.41) is 0. The van der Waals surface area contributed by atoms with Crippen molar-refractivity contribution in [2.75, 3.05) is 0 Å². The highest BCUT2D eigenvalue weighted by atomic mass is 19.2. The Morgan fingerprint density at radius 1 is 0.704 bits per heavy atom. The molecule has 3 aromatic rings. The highest BCUT2D eigenvalue weighted by molar-refractivity contribution is 5.71. The van der Waals surface area contributed by atoms with Crippen LogP contribution in [0.4, 0.5) is 17.6 Å². The van der Waals surface area contributed by atoms with E-state index in [-0.39, 0.29) is 11.1 Å². The molecule has 27 heavy (non-hydrogen) atoms. The Morgan fingerprint density at radius 3 is 1.81 bits per heavy atom. The second-order valence-corrected chi connectivity index (χ2v) is 6.76. The van der Waals surface area contributed by atoms with Gasteiger partial charge in [-0.05, 0) is 52.8 Å². The number of benzene rings is 3. The molecule has 4 heteroatoms. The summed E-state index contributed by atoms with van der Waals surface area (Å²) in [6.07, 6.45) is 2.22. The van der Waals surface area contributed by atoms with Crippen LogP contribution in [0.15, 0.2) is 54.6 Å². The molecular formula is C23H20F4. The van der Waals surface area contributed by atoms with E-state index in [4.69, 9.17) is 0 Å². The predicted octanol–water partition coefficient (Wildman–Crippen LogP) is 7.48. The van der Waals surface area contributed by atoms with Gasteiger partial charge in [0.2, 0.25) is 0 Å². The first-order valence-electron chi connectivity index (χ1n) is 8.95. The van der Waals surface area contributed by atoms with Crippen LogP contribution in [-0.4, -0.2) is 0 Å². The summed E-state index contributed by atoms with van der Waals surface area (Å²) >= 11 is 0. The van der Waals surface area contributed by atoms with E-state index in [1.807, 2.05) is 24.3 Å². The zero-order chi connectivity index (χ0) is 19.6. The molecule has 0 spiro atoms. The van der Waals surface area contributed by atoms with Gasteiger partial charge >= 0.3 is 0 Å². The SMILES string of the molecule is CCCC(C)c1ccc(-c2ccc(-c3cc(F)c(F)c(F)c3)c(F)c2)cc1. The zero-order valence-electron chi connectivity index (χ0n) is 15.2. The van der Waals surface area contributed by atoms with Crippen molar-refractivity contribution in [1.82, 2.24) is 0 Å². The Bertz CT molecular complexity index is 922. The van der Waals surface area contributed by atoms with Crippen molar-refractivity contribution in [1.29, 1.82) is 0 Å². The molecule has 1 atom stereocenters. The monoisotopic (exact) mass is 372 g/mol. The molecule has 0 heterocycles. The van der Waals surface area contributed by atoms with Crippen molar-refractivity contribution in [3.63, 3.8) is 0 Å². The molecular weight excluding hydrogens is 352 g/mol. The van der Waals surface area contributed by atoms with E-state index >= 15 is 0 Å². The van der Waals surface area contributed by atoms with Crippen LogP contribution in [0, 0.1) is 23.3 Å². The largest absolute Gasteiger partial charge is 0.206 e. The van der Waals surface area contributed by atoms with E-state index in [1.165, 1.54) is 17.7 Å². The zero-order valence-corrected chi connectivity index (χ0v) is 15.2. The third-order valence-electron chi connectivity index (χ3n) is 4.80. The van der Waals surface area contributed by atoms with Crippen molar-refractivity contribution in [2.45, 2.75) is 32.6 Å². The third-order valence-corrected chi connectivity index (χ3v) is 4.80. The van der Waals surface area contributed by atoms with Crippen molar-refractivity contribution >= 4 is 0 Å². The van der Waals surface area contributed by atoms with Gasteiger partial charge in [-0.2, -0.15) is 0 Å². The van der Waals surface area contributed by atoms with Crippen LogP contribution < -0.4 is 0 Å². The van der Waals surface area contributed by atoms with Crippen molar-refractivity contribution in [3.8, 4) is 22.3 Å². The Hall–Kier alpha value is -2.62. The van der Waals surface area contributed by atoms with Gasteiger partial charge in [0.15, 0.2) is 17.5 Å². The van der Waals surface area contributed by atoms with Crippen LogP contribution in [-0.2, 0) is 0 Å². The minimum Gasteiger partial charge on any atom is -0.206 e. The highest BCUT2D eigenvalue weighted by Gasteiger charge is 2.15. The van der Waals surface area contributed by atoms with Crippen molar-refractivity contribution in [3.05, 3.63) is 83.4 Å². The van der Waals surface area contributed by atoms with Gasteiger partial charge in [0.05, 0.1) is 0 Å². The first-order valence-corrected chi connectivity index (χ1v) is 8.95. The Kier molecular flexibility index (Phi) is 5.64. The normalized spacial score (nSPS) is 12.2. The lowest BCUT2D eigenvalue weighted by Gasteiger charge is -2.12. The minimum absolute atomic E-state index is 0.0183. The first kappa shape index (κ1) is 19.2. The summed E-state index contributed by atoms with van der Waals surface area (Å²) in [5.41, 5.74) is 2.72. The molecule has 140 valence electrons. The van der Waals surface area contributed by atoms with E-state index in [1.54, 1.807) is 6.07 Å². The average molecular weight is 372 g/mol. The molecule has 0 aliphatic rings. The molecule has 0 aromatic heterocycles. The third kappa shape index (κ3) is 4.05. The quantitative estimate of drug-likeness (QED) is 0.322. The van der Waals surface area contributed by atoms with E-state index in [0.717, 1.165) is 30.5 Å².